The number of aromatic carboxylic acids is 1. The van der Waals surface area contributed by atoms with Crippen LogP contribution >= 0.6 is 11.3 Å². The average Bonchev–Trinajstić information content (AvgIpc) is 2.65. The summed E-state index contributed by atoms with van der Waals surface area (Å²) in [7, 11) is 0. The first kappa shape index (κ1) is 13.3. The van der Waals surface area contributed by atoms with Gasteiger partial charge in [0.25, 0.3) is 0 Å². The molecule has 2 rings (SSSR count). The quantitative estimate of drug-likeness (QED) is 0.882. The van der Waals surface area contributed by atoms with Crippen molar-refractivity contribution >= 4 is 22.4 Å². The number of nitrogens with one attached hydrogen (secondary N) is 1. The Labute approximate surface area is 111 Å². The lowest BCUT2D eigenvalue weighted by molar-refractivity contribution is 0.0701. The molecule has 5 heteroatoms. The second-order valence-electron chi connectivity index (χ2n) is 5.35. The molecule has 0 saturated heterocycles. The number of carbonyl (C=O) groups is 1. The Bertz CT molecular complexity index is 444. The standard InChI is InChI=1S/C13H20N2O2S/c1-7-4-5-10(6-8(7)2)15-13-14-9(3)11(18-13)12(16)17/h7-8,10H,4-6H2,1-3H3,(H,14,15)(H,16,17). The fourth-order valence-electron chi connectivity index (χ4n) is 2.51. The molecular weight excluding hydrogens is 248 g/mol. The van der Waals surface area contributed by atoms with Crippen molar-refractivity contribution < 1.29 is 9.90 Å². The Kier molecular flexibility index (Phi) is 3.90. The molecule has 0 aliphatic heterocycles. The zero-order chi connectivity index (χ0) is 13.3. The van der Waals surface area contributed by atoms with Crippen molar-refractivity contribution in [3.8, 4) is 0 Å². The summed E-state index contributed by atoms with van der Waals surface area (Å²) >= 11 is 1.24. The van der Waals surface area contributed by atoms with Gasteiger partial charge in [-0.25, -0.2) is 9.78 Å². The first-order chi connectivity index (χ1) is 8.47. The van der Waals surface area contributed by atoms with E-state index >= 15 is 0 Å². The zero-order valence-corrected chi connectivity index (χ0v) is 11.9. The largest absolute Gasteiger partial charge is 0.477 e. The Morgan fingerprint density at radius 2 is 2.11 bits per heavy atom. The van der Waals surface area contributed by atoms with Crippen molar-refractivity contribution in [3.63, 3.8) is 0 Å². The lowest BCUT2D eigenvalue weighted by atomic mass is 9.79. The zero-order valence-electron chi connectivity index (χ0n) is 11.1. The van der Waals surface area contributed by atoms with Crippen LogP contribution in [0.15, 0.2) is 0 Å². The summed E-state index contributed by atoms with van der Waals surface area (Å²) < 4.78 is 0. The van der Waals surface area contributed by atoms with Crippen LogP contribution in [-0.4, -0.2) is 22.1 Å². The molecule has 0 spiro atoms. The van der Waals surface area contributed by atoms with Gasteiger partial charge in [0.2, 0.25) is 0 Å². The summed E-state index contributed by atoms with van der Waals surface area (Å²) in [5.41, 5.74) is 0.604. The van der Waals surface area contributed by atoms with Crippen LogP contribution in [0.3, 0.4) is 0 Å². The van der Waals surface area contributed by atoms with Gasteiger partial charge < -0.3 is 10.4 Å². The molecule has 1 aliphatic carbocycles. The summed E-state index contributed by atoms with van der Waals surface area (Å²) in [5, 5.41) is 13.1. The number of carboxylic acid groups (broad SMARTS) is 1. The van der Waals surface area contributed by atoms with Gasteiger partial charge in [-0.1, -0.05) is 25.2 Å². The third-order valence-electron chi connectivity index (χ3n) is 3.92. The molecule has 100 valence electrons. The maximum absolute atomic E-state index is 11.0. The van der Waals surface area contributed by atoms with Crippen molar-refractivity contribution in [1.29, 1.82) is 0 Å². The first-order valence-corrected chi connectivity index (χ1v) is 7.26. The van der Waals surface area contributed by atoms with Crippen LogP contribution in [0.5, 0.6) is 0 Å². The molecular formula is C13H20N2O2S. The third kappa shape index (κ3) is 2.83. The molecule has 18 heavy (non-hydrogen) atoms. The van der Waals surface area contributed by atoms with Crippen LogP contribution < -0.4 is 5.32 Å². The van der Waals surface area contributed by atoms with Gasteiger partial charge in [-0.05, 0) is 38.0 Å². The highest BCUT2D eigenvalue weighted by Crippen LogP contribution is 2.32. The molecule has 1 heterocycles. The number of rotatable bonds is 3. The molecule has 3 atom stereocenters. The van der Waals surface area contributed by atoms with E-state index in [4.69, 9.17) is 5.11 Å². The smallest absolute Gasteiger partial charge is 0.347 e. The number of nitrogens with zero attached hydrogens (tertiary/aromatic N) is 1. The first-order valence-electron chi connectivity index (χ1n) is 6.44. The van der Waals surface area contributed by atoms with Gasteiger partial charge in [0.1, 0.15) is 4.88 Å². The van der Waals surface area contributed by atoms with E-state index < -0.39 is 5.97 Å². The highest BCUT2D eigenvalue weighted by atomic mass is 32.1. The molecule has 3 unspecified atom stereocenters. The van der Waals surface area contributed by atoms with E-state index in [-0.39, 0.29) is 0 Å². The number of thiazole rings is 1. The summed E-state index contributed by atoms with van der Waals surface area (Å²) in [6, 6.07) is 0.434. The highest BCUT2D eigenvalue weighted by Gasteiger charge is 2.25. The van der Waals surface area contributed by atoms with Crippen molar-refractivity contribution in [2.75, 3.05) is 5.32 Å². The molecule has 1 aromatic rings. The predicted octanol–water partition coefficient (Wildman–Crippen LogP) is 3.39. The van der Waals surface area contributed by atoms with Crippen LogP contribution in [0.1, 0.15) is 48.5 Å². The molecule has 0 aromatic carbocycles. The maximum Gasteiger partial charge on any atom is 0.347 e. The summed E-state index contributed by atoms with van der Waals surface area (Å²) in [5.74, 6) is 0.621. The van der Waals surface area contributed by atoms with E-state index in [9.17, 15) is 4.79 Å². The Hall–Kier alpha value is -1.10. The number of aromatic nitrogens is 1. The summed E-state index contributed by atoms with van der Waals surface area (Å²) in [6.45, 7) is 6.34. The number of hydrogen-bond acceptors (Lipinski definition) is 4. The number of hydrogen-bond donors (Lipinski definition) is 2. The topological polar surface area (TPSA) is 62.2 Å². The Morgan fingerprint density at radius 3 is 2.67 bits per heavy atom. The second kappa shape index (κ2) is 5.26. The minimum absolute atomic E-state index is 0.342. The van der Waals surface area contributed by atoms with Gasteiger partial charge in [0.15, 0.2) is 5.13 Å². The van der Waals surface area contributed by atoms with Gasteiger partial charge >= 0.3 is 5.97 Å². The van der Waals surface area contributed by atoms with Crippen molar-refractivity contribution in [2.24, 2.45) is 11.8 Å². The van der Waals surface area contributed by atoms with Gasteiger partial charge in [-0.15, -0.1) is 0 Å². The van der Waals surface area contributed by atoms with E-state index in [1.54, 1.807) is 6.92 Å². The van der Waals surface area contributed by atoms with E-state index in [0.717, 1.165) is 29.8 Å². The van der Waals surface area contributed by atoms with Gasteiger partial charge in [-0.2, -0.15) is 0 Å². The third-order valence-corrected chi connectivity index (χ3v) is 4.99. The molecule has 0 amide bonds. The molecule has 0 radical (unpaired) electrons. The number of anilines is 1. The minimum Gasteiger partial charge on any atom is -0.477 e. The predicted molar refractivity (Wildman–Crippen MR) is 73.4 cm³/mol. The lowest BCUT2D eigenvalue weighted by Gasteiger charge is -2.32. The van der Waals surface area contributed by atoms with Crippen LogP contribution in [0.25, 0.3) is 0 Å². The number of carboxylic acids is 1. The van der Waals surface area contributed by atoms with Crippen LogP contribution in [-0.2, 0) is 0 Å². The van der Waals surface area contributed by atoms with E-state index in [1.165, 1.54) is 17.8 Å². The Morgan fingerprint density at radius 1 is 1.39 bits per heavy atom. The Balaban J connectivity index is 2.02. The number of aryl methyl sites for hydroxylation is 1. The molecule has 4 nitrogen and oxygen atoms in total. The van der Waals surface area contributed by atoms with Crippen molar-refractivity contribution in [3.05, 3.63) is 10.6 Å². The molecule has 1 fully saturated rings. The van der Waals surface area contributed by atoms with Gasteiger partial charge in [-0.3, -0.25) is 0 Å². The molecule has 1 saturated carbocycles. The maximum atomic E-state index is 11.0. The van der Waals surface area contributed by atoms with E-state index in [1.807, 2.05) is 0 Å². The van der Waals surface area contributed by atoms with Crippen LogP contribution in [0, 0.1) is 18.8 Å². The highest BCUT2D eigenvalue weighted by molar-refractivity contribution is 7.17. The van der Waals surface area contributed by atoms with Crippen LogP contribution in [0.2, 0.25) is 0 Å². The fourth-order valence-corrected chi connectivity index (χ4v) is 3.39. The van der Waals surface area contributed by atoms with E-state index in [2.05, 4.69) is 24.1 Å². The molecule has 0 bridgehead atoms. The van der Waals surface area contributed by atoms with Crippen molar-refractivity contribution in [2.45, 2.75) is 46.1 Å². The SMILES string of the molecule is Cc1nc(NC2CCC(C)C(C)C2)sc1C(=O)O. The fraction of sp³-hybridized carbons (Fsp3) is 0.692. The molecule has 2 N–H and O–H groups in total. The van der Waals surface area contributed by atoms with Crippen LogP contribution in [0.4, 0.5) is 5.13 Å². The normalized spacial score (nSPS) is 28.1. The average molecular weight is 268 g/mol. The van der Waals surface area contributed by atoms with Crippen molar-refractivity contribution in [1.82, 2.24) is 4.98 Å². The molecule has 1 aromatic heterocycles. The van der Waals surface area contributed by atoms with Gasteiger partial charge in [0, 0.05) is 6.04 Å². The summed E-state index contributed by atoms with van der Waals surface area (Å²) in [6.07, 6.45) is 3.52. The van der Waals surface area contributed by atoms with E-state index in [0.29, 0.717) is 16.6 Å². The minimum atomic E-state index is -0.885. The summed E-state index contributed by atoms with van der Waals surface area (Å²) in [4.78, 5) is 15.6. The van der Waals surface area contributed by atoms with Gasteiger partial charge in [0.05, 0.1) is 5.69 Å². The molecule has 1 aliphatic rings. The monoisotopic (exact) mass is 268 g/mol. The second-order valence-corrected chi connectivity index (χ2v) is 6.35. The lowest BCUT2D eigenvalue weighted by Crippen LogP contribution is -2.30.